The van der Waals surface area contributed by atoms with Gasteiger partial charge in [-0.3, -0.25) is 9.59 Å². The van der Waals surface area contributed by atoms with Crippen LogP contribution in [0, 0.1) is 5.92 Å². The minimum absolute atomic E-state index is 0.00761. The minimum atomic E-state index is -0.844. The molecule has 1 aliphatic heterocycles. The molecule has 0 saturated carbocycles. The van der Waals surface area contributed by atoms with Crippen LogP contribution in [0.4, 0.5) is 9.59 Å². The Morgan fingerprint density at radius 2 is 1.37 bits per heavy atom. The number of alkyl carbamates (subject to hydrolysis) is 1. The summed E-state index contributed by atoms with van der Waals surface area (Å²) in [6.45, 7) is 21.4. The number of hydrogen-bond acceptors (Lipinski definition) is 9. The molecule has 0 spiro atoms. The van der Waals surface area contributed by atoms with E-state index in [2.05, 4.69) is 15.6 Å². The molecule has 2 rings (SSSR count). The van der Waals surface area contributed by atoms with Crippen LogP contribution in [0.1, 0.15) is 113 Å². The summed E-state index contributed by atoms with van der Waals surface area (Å²) in [6.07, 6.45) is 1.34. The molecule has 0 aromatic carbocycles. The average molecular weight is 609 g/mol. The standard InChI is InChI=1S/C30H52N6O7/c1-20(2)18-21(31-26(39)42-29(6,7)8)22-19-36(33-32-22)23(12-13-24(37)41-28(3,4)5)25(38)34-14-16-35(17-15-34)27(40)43-30(9,10)11/h19-21,23H,12-18H2,1-11H3,(H,31,39)/t21-,23-/m0/s1. The maximum absolute atomic E-state index is 13.9. The van der Waals surface area contributed by atoms with Gasteiger partial charge in [0.05, 0.1) is 12.2 Å². The van der Waals surface area contributed by atoms with E-state index in [1.165, 1.54) is 4.68 Å². The van der Waals surface area contributed by atoms with Crippen LogP contribution in [0.15, 0.2) is 6.20 Å². The van der Waals surface area contributed by atoms with Crippen molar-refractivity contribution in [2.45, 2.75) is 124 Å². The van der Waals surface area contributed by atoms with E-state index in [9.17, 15) is 19.2 Å². The molecular weight excluding hydrogens is 556 g/mol. The average Bonchev–Trinajstić information content (AvgIpc) is 3.30. The van der Waals surface area contributed by atoms with Crippen LogP contribution in [0.3, 0.4) is 0 Å². The predicted octanol–water partition coefficient (Wildman–Crippen LogP) is 4.63. The lowest BCUT2D eigenvalue weighted by Gasteiger charge is -2.37. The minimum Gasteiger partial charge on any atom is -0.460 e. The van der Waals surface area contributed by atoms with Gasteiger partial charge in [-0.1, -0.05) is 19.1 Å². The number of nitrogens with one attached hydrogen (secondary N) is 1. The van der Waals surface area contributed by atoms with Crippen molar-refractivity contribution in [1.82, 2.24) is 30.1 Å². The van der Waals surface area contributed by atoms with Crippen molar-refractivity contribution in [1.29, 1.82) is 0 Å². The number of esters is 1. The van der Waals surface area contributed by atoms with Gasteiger partial charge in [0.2, 0.25) is 5.91 Å². The lowest BCUT2D eigenvalue weighted by molar-refractivity contribution is -0.155. The third-order valence-corrected chi connectivity index (χ3v) is 6.17. The molecule has 1 aliphatic rings. The predicted molar refractivity (Wildman–Crippen MR) is 160 cm³/mol. The molecule has 1 saturated heterocycles. The van der Waals surface area contributed by atoms with Crippen LogP contribution in [0.25, 0.3) is 0 Å². The van der Waals surface area contributed by atoms with Crippen LogP contribution in [-0.4, -0.2) is 91.8 Å². The molecular formula is C30H52N6O7. The lowest BCUT2D eigenvalue weighted by Crippen LogP contribution is -2.53. The van der Waals surface area contributed by atoms with Crippen LogP contribution in [0.2, 0.25) is 0 Å². The van der Waals surface area contributed by atoms with Crippen LogP contribution < -0.4 is 5.32 Å². The van der Waals surface area contributed by atoms with Gasteiger partial charge >= 0.3 is 18.2 Å². The van der Waals surface area contributed by atoms with E-state index < -0.39 is 47.0 Å². The molecule has 0 bridgehead atoms. The first-order valence-electron chi connectivity index (χ1n) is 15.0. The first kappa shape index (κ1) is 35.8. The van der Waals surface area contributed by atoms with Crippen LogP contribution >= 0.6 is 0 Å². The fourth-order valence-electron chi connectivity index (χ4n) is 4.44. The van der Waals surface area contributed by atoms with Gasteiger partial charge in [0.15, 0.2) is 0 Å². The van der Waals surface area contributed by atoms with Crippen molar-refractivity contribution >= 4 is 24.1 Å². The highest BCUT2D eigenvalue weighted by Gasteiger charge is 2.34. The number of hydrogen-bond donors (Lipinski definition) is 1. The molecule has 1 fully saturated rings. The summed E-state index contributed by atoms with van der Waals surface area (Å²) in [7, 11) is 0. The van der Waals surface area contributed by atoms with E-state index in [1.807, 2.05) is 13.8 Å². The number of nitrogens with zero attached hydrogens (tertiary/aromatic N) is 5. The summed E-state index contributed by atoms with van der Waals surface area (Å²) in [6, 6.07) is -1.34. The monoisotopic (exact) mass is 608 g/mol. The zero-order valence-corrected chi connectivity index (χ0v) is 27.9. The molecule has 0 aliphatic carbocycles. The molecule has 13 heteroatoms. The summed E-state index contributed by atoms with van der Waals surface area (Å²) in [4.78, 5) is 54.8. The second-order valence-corrected chi connectivity index (χ2v) is 14.4. The van der Waals surface area contributed by atoms with Gasteiger partial charge in [-0.2, -0.15) is 0 Å². The van der Waals surface area contributed by atoms with Crippen LogP contribution in [0.5, 0.6) is 0 Å². The highest BCUT2D eigenvalue weighted by molar-refractivity contribution is 5.81. The van der Waals surface area contributed by atoms with E-state index in [0.29, 0.717) is 38.3 Å². The topological polar surface area (TPSA) is 145 Å². The fourth-order valence-corrected chi connectivity index (χ4v) is 4.44. The second kappa shape index (κ2) is 14.4. The van der Waals surface area contributed by atoms with Gasteiger partial charge in [0.1, 0.15) is 28.5 Å². The third kappa shape index (κ3) is 12.8. The molecule has 3 amide bonds. The third-order valence-electron chi connectivity index (χ3n) is 6.17. The van der Waals surface area contributed by atoms with Crippen molar-refractivity contribution in [2.24, 2.45) is 5.92 Å². The first-order chi connectivity index (χ1) is 19.6. The van der Waals surface area contributed by atoms with Crippen molar-refractivity contribution in [3.8, 4) is 0 Å². The lowest BCUT2D eigenvalue weighted by atomic mass is 10.0. The Bertz CT molecular complexity index is 1110. The maximum Gasteiger partial charge on any atom is 0.410 e. The smallest absolute Gasteiger partial charge is 0.410 e. The van der Waals surface area contributed by atoms with E-state index in [0.717, 1.165) is 0 Å². The number of rotatable bonds is 9. The first-order valence-corrected chi connectivity index (χ1v) is 15.0. The normalized spacial score (nSPS) is 16.0. The summed E-state index contributed by atoms with van der Waals surface area (Å²) in [5.74, 6) is -0.454. The van der Waals surface area contributed by atoms with Crippen molar-refractivity contribution < 1.29 is 33.4 Å². The number of ether oxygens (including phenoxy) is 3. The molecule has 43 heavy (non-hydrogen) atoms. The Kier molecular flexibility index (Phi) is 12.0. The zero-order chi connectivity index (χ0) is 32.8. The Labute approximate surface area is 255 Å². The fraction of sp³-hybridized carbons (Fsp3) is 0.800. The Hall–Kier alpha value is -3.38. The number of piperazine rings is 1. The zero-order valence-electron chi connectivity index (χ0n) is 27.9. The summed E-state index contributed by atoms with van der Waals surface area (Å²) >= 11 is 0. The molecule has 0 unspecified atom stereocenters. The van der Waals surface area contributed by atoms with Gasteiger partial charge in [0, 0.05) is 32.6 Å². The Morgan fingerprint density at radius 1 is 0.837 bits per heavy atom. The summed E-state index contributed by atoms with van der Waals surface area (Å²) in [5.41, 5.74) is -1.47. The number of carbonyl (C=O) groups is 4. The van der Waals surface area contributed by atoms with Gasteiger partial charge < -0.3 is 29.3 Å². The number of amides is 3. The highest BCUT2D eigenvalue weighted by atomic mass is 16.6. The molecule has 0 radical (unpaired) electrons. The van der Waals surface area contributed by atoms with E-state index in [4.69, 9.17) is 14.2 Å². The van der Waals surface area contributed by atoms with E-state index in [-0.39, 0.29) is 24.7 Å². The highest BCUT2D eigenvalue weighted by Crippen LogP contribution is 2.25. The maximum atomic E-state index is 13.9. The number of carbonyl (C=O) groups excluding carboxylic acids is 4. The quantitative estimate of drug-likeness (QED) is 0.313. The van der Waals surface area contributed by atoms with Crippen molar-refractivity contribution in [2.75, 3.05) is 26.2 Å². The van der Waals surface area contributed by atoms with Gasteiger partial charge in [-0.25, -0.2) is 14.3 Å². The summed E-state index contributed by atoms with van der Waals surface area (Å²) in [5, 5.41) is 11.5. The van der Waals surface area contributed by atoms with Crippen LogP contribution in [-0.2, 0) is 23.8 Å². The Balaban J connectivity index is 2.26. The van der Waals surface area contributed by atoms with E-state index >= 15 is 0 Å². The van der Waals surface area contributed by atoms with Gasteiger partial charge in [-0.15, -0.1) is 5.10 Å². The molecule has 244 valence electrons. The SMILES string of the molecule is CC(C)C[C@H](NC(=O)OC(C)(C)C)c1cn([C@@H](CCC(=O)OC(C)(C)C)C(=O)N2CCN(C(=O)OC(C)(C)C)CC2)nn1. The Morgan fingerprint density at radius 3 is 1.88 bits per heavy atom. The summed E-state index contributed by atoms with van der Waals surface area (Å²) < 4.78 is 17.8. The van der Waals surface area contributed by atoms with Crippen molar-refractivity contribution in [3.63, 3.8) is 0 Å². The second-order valence-electron chi connectivity index (χ2n) is 14.4. The molecule has 2 atom stereocenters. The number of aromatic nitrogens is 3. The molecule has 1 N–H and O–H groups in total. The van der Waals surface area contributed by atoms with Gasteiger partial charge in [0.25, 0.3) is 0 Å². The molecule has 2 heterocycles. The molecule has 1 aromatic rings. The molecule has 1 aromatic heterocycles. The molecule has 13 nitrogen and oxygen atoms in total. The largest absolute Gasteiger partial charge is 0.460 e. The van der Waals surface area contributed by atoms with Gasteiger partial charge in [-0.05, 0) is 81.1 Å². The van der Waals surface area contributed by atoms with E-state index in [1.54, 1.807) is 78.3 Å². The van der Waals surface area contributed by atoms with Crippen molar-refractivity contribution in [3.05, 3.63) is 11.9 Å².